The predicted octanol–water partition coefficient (Wildman–Crippen LogP) is 2.89. The molecule has 0 aliphatic rings. The maximum Gasteiger partial charge on any atom is 0.154 e. The lowest BCUT2D eigenvalue weighted by Crippen LogP contribution is -1.98. The molecule has 0 atom stereocenters. The van der Waals surface area contributed by atoms with E-state index in [4.69, 9.17) is 5.73 Å². The van der Waals surface area contributed by atoms with E-state index in [0.29, 0.717) is 6.54 Å². The van der Waals surface area contributed by atoms with Gasteiger partial charge in [-0.15, -0.1) is 11.3 Å². The Hall–Kier alpha value is -0.910. The highest BCUT2D eigenvalue weighted by Gasteiger charge is 2.06. The molecule has 78 valence electrons. The molecular weight excluding hydrogens is 231 g/mol. The minimum Gasteiger partial charge on any atom is -0.326 e. The molecule has 1 heterocycles. The van der Waals surface area contributed by atoms with Crippen molar-refractivity contribution in [3.63, 3.8) is 0 Å². The van der Waals surface area contributed by atoms with E-state index in [0.717, 1.165) is 14.8 Å². The minimum atomic E-state index is -0.251. The molecule has 0 radical (unpaired) electrons. The van der Waals surface area contributed by atoms with Crippen LogP contribution in [0.2, 0.25) is 0 Å². The van der Waals surface area contributed by atoms with Crippen LogP contribution in [0, 0.1) is 5.82 Å². The SMILES string of the molecule is NCc1cc(F)ccc1Sc1nccs1. The van der Waals surface area contributed by atoms with Crippen molar-refractivity contribution < 1.29 is 4.39 Å². The molecule has 0 saturated carbocycles. The van der Waals surface area contributed by atoms with Crippen LogP contribution < -0.4 is 5.73 Å². The average Bonchev–Trinajstić information content (AvgIpc) is 2.73. The lowest BCUT2D eigenvalue weighted by Gasteiger charge is -2.04. The number of thiazole rings is 1. The molecule has 0 spiro atoms. The number of nitrogens with zero attached hydrogens (tertiary/aromatic N) is 1. The topological polar surface area (TPSA) is 38.9 Å². The summed E-state index contributed by atoms with van der Waals surface area (Å²) in [5.74, 6) is -0.251. The van der Waals surface area contributed by atoms with Crippen molar-refractivity contribution in [2.75, 3.05) is 0 Å². The summed E-state index contributed by atoms with van der Waals surface area (Å²) in [7, 11) is 0. The Morgan fingerprint density at radius 1 is 1.47 bits per heavy atom. The number of nitrogens with two attached hydrogens (primary N) is 1. The van der Waals surface area contributed by atoms with Gasteiger partial charge in [-0.3, -0.25) is 0 Å². The lowest BCUT2D eigenvalue weighted by molar-refractivity contribution is 0.623. The molecule has 0 saturated heterocycles. The van der Waals surface area contributed by atoms with Gasteiger partial charge in [0.1, 0.15) is 5.82 Å². The largest absolute Gasteiger partial charge is 0.326 e. The number of halogens is 1. The molecule has 15 heavy (non-hydrogen) atoms. The van der Waals surface area contributed by atoms with Gasteiger partial charge < -0.3 is 5.73 Å². The molecule has 0 bridgehead atoms. The maximum atomic E-state index is 12.9. The van der Waals surface area contributed by atoms with Crippen molar-refractivity contribution in [2.24, 2.45) is 5.73 Å². The number of hydrogen-bond acceptors (Lipinski definition) is 4. The van der Waals surface area contributed by atoms with Crippen molar-refractivity contribution in [2.45, 2.75) is 15.8 Å². The van der Waals surface area contributed by atoms with E-state index in [9.17, 15) is 4.39 Å². The maximum absolute atomic E-state index is 12.9. The quantitative estimate of drug-likeness (QED) is 0.896. The third-order valence-electron chi connectivity index (χ3n) is 1.85. The summed E-state index contributed by atoms with van der Waals surface area (Å²) in [6.07, 6.45) is 1.75. The predicted molar refractivity (Wildman–Crippen MR) is 60.5 cm³/mol. The summed E-state index contributed by atoms with van der Waals surface area (Å²) >= 11 is 3.07. The zero-order valence-corrected chi connectivity index (χ0v) is 9.45. The van der Waals surface area contributed by atoms with Crippen LogP contribution in [0.25, 0.3) is 0 Å². The first-order valence-corrected chi connectivity index (χ1v) is 6.05. The van der Waals surface area contributed by atoms with Crippen molar-refractivity contribution in [1.29, 1.82) is 0 Å². The van der Waals surface area contributed by atoms with Crippen LogP contribution in [0.3, 0.4) is 0 Å². The van der Waals surface area contributed by atoms with Crippen molar-refractivity contribution in [1.82, 2.24) is 4.98 Å². The molecule has 2 nitrogen and oxygen atoms in total. The van der Waals surface area contributed by atoms with E-state index in [1.165, 1.54) is 23.9 Å². The number of benzene rings is 1. The normalized spacial score (nSPS) is 10.5. The molecule has 5 heteroatoms. The summed E-state index contributed by atoms with van der Waals surface area (Å²) in [4.78, 5) is 5.12. The molecule has 1 aromatic heterocycles. The highest BCUT2D eigenvalue weighted by Crippen LogP contribution is 2.31. The van der Waals surface area contributed by atoms with E-state index in [-0.39, 0.29) is 5.82 Å². The van der Waals surface area contributed by atoms with Crippen LogP contribution in [0.5, 0.6) is 0 Å². The Morgan fingerprint density at radius 2 is 2.33 bits per heavy atom. The van der Waals surface area contributed by atoms with Gasteiger partial charge in [0.2, 0.25) is 0 Å². The highest BCUT2D eigenvalue weighted by atomic mass is 32.2. The zero-order chi connectivity index (χ0) is 10.7. The van der Waals surface area contributed by atoms with Gasteiger partial charge in [-0.1, -0.05) is 11.8 Å². The van der Waals surface area contributed by atoms with E-state index in [1.807, 2.05) is 5.38 Å². The van der Waals surface area contributed by atoms with Gasteiger partial charge in [0, 0.05) is 23.0 Å². The summed E-state index contributed by atoms with van der Waals surface area (Å²) in [5.41, 5.74) is 6.37. The molecular formula is C10H9FN2S2. The zero-order valence-electron chi connectivity index (χ0n) is 7.81. The molecule has 0 amide bonds. The first kappa shape index (κ1) is 10.6. The third kappa shape index (κ3) is 2.56. The fraction of sp³-hybridized carbons (Fsp3) is 0.100. The highest BCUT2D eigenvalue weighted by molar-refractivity contribution is 8.01. The first-order valence-electron chi connectivity index (χ1n) is 4.35. The van der Waals surface area contributed by atoms with Gasteiger partial charge in [-0.25, -0.2) is 9.37 Å². The summed E-state index contributed by atoms with van der Waals surface area (Å²) < 4.78 is 13.9. The van der Waals surface area contributed by atoms with Gasteiger partial charge in [0.15, 0.2) is 4.34 Å². The summed E-state index contributed by atoms with van der Waals surface area (Å²) in [6, 6.07) is 4.65. The van der Waals surface area contributed by atoms with Crippen LogP contribution in [-0.2, 0) is 6.54 Å². The lowest BCUT2D eigenvalue weighted by atomic mass is 10.2. The Labute approximate surface area is 95.3 Å². The minimum absolute atomic E-state index is 0.251. The van der Waals surface area contributed by atoms with Crippen LogP contribution >= 0.6 is 23.1 Å². The van der Waals surface area contributed by atoms with Crippen molar-refractivity contribution in [3.8, 4) is 0 Å². The fourth-order valence-electron chi connectivity index (χ4n) is 1.16. The van der Waals surface area contributed by atoms with E-state index in [1.54, 1.807) is 23.6 Å². The van der Waals surface area contributed by atoms with Crippen LogP contribution in [0.4, 0.5) is 4.39 Å². The number of aromatic nitrogens is 1. The van der Waals surface area contributed by atoms with Crippen LogP contribution in [0.15, 0.2) is 39.0 Å². The van der Waals surface area contributed by atoms with Crippen LogP contribution in [-0.4, -0.2) is 4.98 Å². The Bertz CT molecular complexity index is 443. The van der Waals surface area contributed by atoms with E-state index >= 15 is 0 Å². The summed E-state index contributed by atoms with van der Waals surface area (Å²) in [5, 5.41) is 1.91. The van der Waals surface area contributed by atoms with E-state index < -0.39 is 0 Å². The number of hydrogen-bond donors (Lipinski definition) is 1. The molecule has 2 rings (SSSR count). The Kier molecular flexibility index (Phi) is 3.35. The second-order valence-corrected chi connectivity index (χ2v) is 5.04. The first-order chi connectivity index (χ1) is 7.29. The smallest absolute Gasteiger partial charge is 0.154 e. The third-order valence-corrected chi connectivity index (χ3v) is 3.85. The molecule has 0 aliphatic carbocycles. The fourth-order valence-corrected chi connectivity index (χ4v) is 2.86. The van der Waals surface area contributed by atoms with Gasteiger partial charge in [0.25, 0.3) is 0 Å². The number of rotatable bonds is 3. The Balaban J connectivity index is 2.28. The van der Waals surface area contributed by atoms with Gasteiger partial charge in [0.05, 0.1) is 0 Å². The van der Waals surface area contributed by atoms with Gasteiger partial charge >= 0.3 is 0 Å². The molecule has 0 unspecified atom stereocenters. The van der Waals surface area contributed by atoms with Crippen LogP contribution in [0.1, 0.15) is 5.56 Å². The summed E-state index contributed by atoms with van der Waals surface area (Å²) in [6.45, 7) is 0.339. The van der Waals surface area contributed by atoms with Gasteiger partial charge in [-0.2, -0.15) is 0 Å². The van der Waals surface area contributed by atoms with Crippen molar-refractivity contribution >= 4 is 23.1 Å². The average molecular weight is 240 g/mol. The standard InChI is InChI=1S/C10H9FN2S2/c11-8-1-2-9(7(5-8)6-12)15-10-13-3-4-14-10/h1-5H,6,12H2. The van der Waals surface area contributed by atoms with Gasteiger partial charge in [-0.05, 0) is 23.8 Å². The van der Waals surface area contributed by atoms with Crippen molar-refractivity contribution in [3.05, 3.63) is 41.2 Å². The molecule has 2 N–H and O–H groups in total. The molecule has 0 aliphatic heterocycles. The Morgan fingerprint density at radius 3 is 3.00 bits per heavy atom. The second kappa shape index (κ2) is 4.74. The monoisotopic (exact) mass is 240 g/mol. The molecule has 0 fully saturated rings. The molecule has 1 aromatic carbocycles. The molecule has 2 aromatic rings. The van der Waals surface area contributed by atoms with E-state index in [2.05, 4.69) is 4.98 Å². The second-order valence-electron chi connectivity index (χ2n) is 2.86.